The van der Waals surface area contributed by atoms with Crippen LogP contribution in [-0.4, -0.2) is 0 Å². The molecule has 1 atom stereocenters. The van der Waals surface area contributed by atoms with E-state index in [1.165, 1.54) is 0 Å². The summed E-state index contributed by atoms with van der Waals surface area (Å²) in [6, 6.07) is 3.78. The topological polar surface area (TPSA) is 23.8 Å². The van der Waals surface area contributed by atoms with Gasteiger partial charge in [0.25, 0.3) is 0 Å². The minimum absolute atomic E-state index is 0.0760. The highest BCUT2D eigenvalue weighted by atomic mass is 35.5. The predicted octanol–water partition coefficient (Wildman–Crippen LogP) is 3.65. The van der Waals surface area contributed by atoms with Crippen LogP contribution in [0, 0.1) is 17.1 Å². The van der Waals surface area contributed by atoms with Crippen molar-refractivity contribution in [3.05, 3.63) is 35.1 Å². The van der Waals surface area contributed by atoms with E-state index in [1.807, 2.05) is 0 Å². The number of benzene rings is 1. The minimum atomic E-state index is -4.79. The van der Waals surface area contributed by atoms with Gasteiger partial charge in [-0.1, -0.05) is 6.07 Å². The van der Waals surface area contributed by atoms with Gasteiger partial charge in [-0.05, 0) is 17.7 Å². The average molecular weight is 238 g/mol. The monoisotopic (exact) mass is 237 g/mol. The van der Waals surface area contributed by atoms with Crippen LogP contribution in [0.5, 0.6) is 0 Å². The number of rotatable bonds is 1. The highest BCUT2D eigenvalue weighted by Crippen LogP contribution is 2.33. The Morgan fingerprint density at radius 2 is 1.93 bits per heavy atom. The van der Waals surface area contributed by atoms with Crippen LogP contribution in [0.1, 0.15) is 16.5 Å². The standard InChI is InChI=1S/C9H4ClF4N/c10-7(4-15)5-1-2-8(11)6(3-5)9(12,13)14/h1-3,7H. The van der Waals surface area contributed by atoms with E-state index in [2.05, 4.69) is 0 Å². The van der Waals surface area contributed by atoms with Gasteiger partial charge in [0.15, 0.2) is 0 Å². The molecule has 80 valence electrons. The van der Waals surface area contributed by atoms with Crippen LogP contribution in [0.3, 0.4) is 0 Å². The van der Waals surface area contributed by atoms with E-state index in [4.69, 9.17) is 16.9 Å². The molecule has 6 heteroatoms. The van der Waals surface area contributed by atoms with Gasteiger partial charge < -0.3 is 0 Å². The van der Waals surface area contributed by atoms with E-state index in [1.54, 1.807) is 6.07 Å². The second kappa shape index (κ2) is 4.07. The Labute approximate surface area is 87.9 Å². The molecule has 0 radical (unpaired) electrons. The van der Waals surface area contributed by atoms with Crippen LogP contribution in [0.25, 0.3) is 0 Å². The van der Waals surface area contributed by atoms with Crippen molar-refractivity contribution in [2.24, 2.45) is 0 Å². The van der Waals surface area contributed by atoms with Gasteiger partial charge in [-0.25, -0.2) is 4.39 Å². The third kappa shape index (κ3) is 2.60. The molecule has 0 fully saturated rings. The molecule has 15 heavy (non-hydrogen) atoms. The summed E-state index contributed by atoms with van der Waals surface area (Å²) >= 11 is 5.41. The van der Waals surface area contributed by atoms with Crippen molar-refractivity contribution >= 4 is 11.6 Å². The van der Waals surface area contributed by atoms with E-state index in [0.29, 0.717) is 12.1 Å². The first-order valence-corrected chi connectivity index (χ1v) is 4.20. The molecule has 1 unspecified atom stereocenters. The molecule has 0 aliphatic rings. The first-order valence-electron chi connectivity index (χ1n) is 3.76. The number of halogens is 5. The number of hydrogen-bond donors (Lipinski definition) is 0. The van der Waals surface area contributed by atoms with Crippen molar-refractivity contribution in [3.63, 3.8) is 0 Å². The van der Waals surface area contributed by atoms with Crippen LogP contribution in [0.15, 0.2) is 18.2 Å². The first kappa shape index (κ1) is 11.8. The van der Waals surface area contributed by atoms with Crippen molar-refractivity contribution in [1.29, 1.82) is 5.26 Å². The van der Waals surface area contributed by atoms with Gasteiger partial charge in [0, 0.05) is 0 Å². The first-order chi connectivity index (χ1) is 6.86. The largest absolute Gasteiger partial charge is 0.419 e. The number of nitriles is 1. The summed E-state index contributed by atoms with van der Waals surface area (Å²) < 4.78 is 49.5. The van der Waals surface area contributed by atoms with Crippen LogP contribution in [-0.2, 0) is 6.18 Å². The molecule has 1 nitrogen and oxygen atoms in total. The number of alkyl halides is 4. The number of nitrogens with zero attached hydrogens (tertiary/aromatic N) is 1. The lowest BCUT2D eigenvalue weighted by Crippen LogP contribution is -2.09. The normalized spacial score (nSPS) is 13.3. The summed E-state index contributed by atoms with van der Waals surface area (Å²) in [5, 5.41) is 7.18. The Balaban J connectivity index is 3.24. The average Bonchev–Trinajstić information content (AvgIpc) is 2.15. The third-order valence-electron chi connectivity index (χ3n) is 1.70. The zero-order valence-electron chi connectivity index (χ0n) is 7.15. The van der Waals surface area contributed by atoms with Crippen molar-refractivity contribution in [3.8, 4) is 6.07 Å². The maximum absolute atomic E-state index is 12.8. The molecule has 0 aromatic heterocycles. The van der Waals surface area contributed by atoms with Gasteiger partial charge in [0.1, 0.15) is 11.2 Å². The van der Waals surface area contributed by atoms with E-state index < -0.39 is 22.9 Å². The molecule has 0 aliphatic heterocycles. The SMILES string of the molecule is N#CC(Cl)c1ccc(F)c(C(F)(F)F)c1. The minimum Gasteiger partial charge on any atom is -0.206 e. The molecule has 0 bridgehead atoms. The van der Waals surface area contributed by atoms with Crippen LogP contribution < -0.4 is 0 Å². The molecule has 1 aromatic rings. The van der Waals surface area contributed by atoms with E-state index in [9.17, 15) is 17.6 Å². The lowest BCUT2D eigenvalue weighted by atomic mass is 10.1. The molecular weight excluding hydrogens is 234 g/mol. The lowest BCUT2D eigenvalue weighted by Gasteiger charge is -2.10. The summed E-state index contributed by atoms with van der Waals surface area (Å²) in [7, 11) is 0. The molecular formula is C9H4ClF4N. The van der Waals surface area contributed by atoms with Crippen LogP contribution in [0.4, 0.5) is 17.6 Å². The molecule has 0 spiro atoms. The maximum atomic E-state index is 12.8. The lowest BCUT2D eigenvalue weighted by molar-refractivity contribution is -0.140. The summed E-state index contributed by atoms with van der Waals surface area (Å²) in [6.07, 6.45) is -4.79. The Hall–Kier alpha value is -1.28. The summed E-state index contributed by atoms with van der Waals surface area (Å²) in [4.78, 5) is 0. The molecule has 0 N–H and O–H groups in total. The van der Waals surface area contributed by atoms with Gasteiger partial charge in [-0.2, -0.15) is 18.4 Å². The molecule has 0 amide bonds. The zero-order valence-corrected chi connectivity index (χ0v) is 7.90. The van der Waals surface area contributed by atoms with Gasteiger partial charge in [0.2, 0.25) is 0 Å². The fourth-order valence-corrected chi connectivity index (χ4v) is 1.13. The zero-order chi connectivity index (χ0) is 11.6. The van der Waals surface area contributed by atoms with Crippen molar-refractivity contribution < 1.29 is 17.6 Å². The third-order valence-corrected chi connectivity index (χ3v) is 2.05. The molecule has 0 aliphatic carbocycles. The maximum Gasteiger partial charge on any atom is 0.419 e. The van der Waals surface area contributed by atoms with E-state index in [0.717, 1.165) is 6.07 Å². The Kier molecular flexibility index (Phi) is 3.20. The van der Waals surface area contributed by atoms with Crippen LogP contribution >= 0.6 is 11.6 Å². The molecule has 0 saturated carbocycles. The summed E-state index contributed by atoms with van der Waals surface area (Å²) in [6.45, 7) is 0. The summed E-state index contributed by atoms with van der Waals surface area (Å²) in [5.74, 6) is -1.38. The summed E-state index contributed by atoms with van der Waals surface area (Å²) in [5.41, 5.74) is -1.49. The molecule has 1 aromatic carbocycles. The predicted molar refractivity (Wildman–Crippen MR) is 45.6 cm³/mol. The van der Waals surface area contributed by atoms with Crippen LogP contribution in [0.2, 0.25) is 0 Å². The fraction of sp³-hybridized carbons (Fsp3) is 0.222. The molecule has 0 heterocycles. The highest BCUT2D eigenvalue weighted by Gasteiger charge is 2.34. The van der Waals surface area contributed by atoms with Crippen molar-refractivity contribution in [1.82, 2.24) is 0 Å². The van der Waals surface area contributed by atoms with Gasteiger partial charge >= 0.3 is 6.18 Å². The van der Waals surface area contributed by atoms with Gasteiger partial charge in [-0.3, -0.25) is 0 Å². The van der Waals surface area contributed by atoms with Crippen molar-refractivity contribution in [2.45, 2.75) is 11.6 Å². The quantitative estimate of drug-likeness (QED) is 0.540. The second-order valence-corrected chi connectivity index (χ2v) is 3.17. The van der Waals surface area contributed by atoms with Gasteiger partial charge in [-0.15, -0.1) is 11.6 Å². The Bertz CT molecular complexity index is 408. The molecule has 0 saturated heterocycles. The Morgan fingerprint density at radius 1 is 1.33 bits per heavy atom. The fourth-order valence-electron chi connectivity index (χ4n) is 0.992. The molecule has 1 rings (SSSR count). The highest BCUT2D eigenvalue weighted by molar-refractivity contribution is 6.22. The van der Waals surface area contributed by atoms with Gasteiger partial charge in [0.05, 0.1) is 11.6 Å². The smallest absolute Gasteiger partial charge is 0.206 e. The van der Waals surface area contributed by atoms with Crippen molar-refractivity contribution in [2.75, 3.05) is 0 Å². The van der Waals surface area contributed by atoms with E-state index >= 15 is 0 Å². The second-order valence-electron chi connectivity index (χ2n) is 2.73. The van der Waals surface area contributed by atoms with E-state index in [-0.39, 0.29) is 5.56 Å². The number of hydrogen-bond acceptors (Lipinski definition) is 1. The Morgan fingerprint density at radius 3 is 2.40 bits per heavy atom.